The van der Waals surface area contributed by atoms with Crippen molar-refractivity contribution in [3.8, 4) is 5.75 Å². The summed E-state index contributed by atoms with van der Waals surface area (Å²) in [6.45, 7) is -0.0585. The molecule has 0 unspecified atom stereocenters. The van der Waals surface area contributed by atoms with Crippen LogP contribution in [0, 0.1) is 0 Å². The number of nitrogens with zero attached hydrogens (tertiary/aromatic N) is 4. The van der Waals surface area contributed by atoms with Gasteiger partial charge in [-0.05, 0) is 29.8 Å². The van der Waals surface area contributed by atoms with E-state index in [0.717, 1.165) is 20.7 Å². The van der Waals surface area contributed by atoms with Gasteiger partial charge in [0.1, 0.15) is 12.3 Å². The van der Waals surface area contributed by atoms with Gasteiger partial charge in [0.2, 0.25) is 17.7 Å². The molecule has 0 spiro atoms. The number of carbonyl (C=O) groups is 3. The Morgan fingerprint density at radius 2 is 2.03 bits per heavy atom. The lowest BCUT2D eigenvalue weighted by Crippen LogP contribution is -2.42. The molecule has 9 heteroatoms. The lowest BCUT2D eigenvalue weighted by atomic mass is 10.2. The maximum Gasteiger partial charge on any atom is 0.249 e. The highest BCUT2D eigenvalue weighted by Crippen LogP contribution is 2.32. The summed E-state index contributed by atoms with van der Waals surface area (Å²) in [6.07, 6.45) is 3.62. The second kappa shape index (κ2) is 7.96. The van der Waals surface area contributed by atoms with Gasteiger partial charge in [0.25, 0.3) is 0 Å². The summed E-state index contributed by atoms with van der Waals surface area (Å²) in [4.78, 5) is 48.2. The molecule has 0 saturated carbocycles. The van der Waals surface area contributed by atoms with Crippen LogP contribution in [0.25, 0.3) is 10.2 Å². The Balaban J connectivity index is 1.67. The molecule has 0 bridgehead atoms. The van der Waals surface area contributed by atoms with Gasteiger partial charge in [-0.1, -0.05) is 17.4 Å². The molecule has 2 aromatic heterocycles. The second-order valence-corrected chi connectivity index (χ2v) is 7.55. The van der Waals surface area contributed by atoms with Gasteiger partial charge in [-0.15, -0.1) is 0 Å². The monoisotopic (exact) mass is 410 g/mol. The third-order valence-electron chi connectivity index (χ3n) is 4.63. The van der Waals surface area contributed by atoms with E-state index in [1.54, 1.807) is 31.6 Å². The largest absolute Gasteiger partial charge is 0.497 e. The van der Waals surface area contributed by atoms with E-state index in [1.807, 2.05) is 18.2 Å². The average molecular weight is 410 g/mol. The minimum Gasteiger partial charge on any atom is -0.497 e. The van der Waals surface area contributed by atoms with Crippen molar-refractivity contribution in [3.05, 3.63) is 48.3 Å². The van der Waals surface area contributed by atoms with Gasteiger partial charge in [-0.3, -0.25) is 29.2 Å². The molecule has 4 rings (SSSR count). The first-order valence-corrected chi connectivity index (χ1v) is 9.84. The van der Waals surface area contributed by atoms with E-state index in [-0.39, 0.29) is 43.7 Å². The predicted molar refractivity (Wildman–Crippen MR) is 108 cm³/mol. The molecule has 3 aromatic rings. The van der Waals surface area contributed by atoms with Crippen molar-refractivity contribution in [1.29, 1.82) is 0 Å². The number of methoxy groups -OCH3 is 1. The van der Waals surface area contributed by atoms with Crippen LogP contribution >= 0.6 is 11.3 Å². The van der Waals surface area contributed by atoms with E-state index in [9.17, 15) is 14.4 Å². The topological polar surface area (TPSA) is 92.7 Å². The van der Waals surface area contributed by atoms with Crippen LogP contribution in [0.3, 0.4) is 0 Å². The van der Waals surface area contributed by atoms with Crippen LogP contribution in [0.2, 0.25) is 0 Å². The van der Waals surface area contributed by atoms with Crippen LogP contribution in [0.5, 0.6) is 5.75 Å². The zero-order chi connectivity index (χ0) is 20.4. The van der Waals surface area contributed by atoms with Gasteiger partial charge in [0, 0.05) is 25.2 Å². The number of pyridine rings is 1. The van der Waals surface area contributed by atoms with Crippen molar-refractivity contribution in [2.75, 3.05) is 18.6 Å². The highest BCUT2D eigenvalue weighted by molar-refractivity contribution is 7.22. The fraction of sp³-hybridized carbons (Fsp3) is 0.250. The van der Waals surface area contributed by atoms with Gasteiger partial charge in [-0.25, -0.2) is 4.98 Å². The molecular formula is C20H18N4O4S. The average Bonchev–Trinajstić information content (AvgIpc) is 3.30. The van der Waals surface area contributed by atoms with Crippen LogP contribution in [0.1, 0.15) is 18.4 Å². The highest BCUT2D eigenvalue weighted by Gasteiger charge is 2.32. The van der Waals surface area contributed by atoms with Crippen molar-refractivity contribution in [3.63, 3.8) is 0 Å². The second-order valence-electron chi connectivity index (χ2n) is 6.54. The number of anilines is 1. The molecule has 1 saturated heterocycles. The molecule has 0 N–H and O–H groups in total. The number of carbonyl (C=O) groups excluding carboxylic acids is 3. The number of thiazole rings is 1. The van der Waals surface area contributed by atoms with Crippen LogP contribution in [0.15, 0.2) is 42.7 Å². The number of benzene rings is 1. The molecule has 8 nitrogen and oxygen atoms in total. The molecule has 1 fully saturated rings. The molecule has 0 aliphatic carbocycles. The van der Waals surface area contributed by atoms with Crippen LogP contribution in [-0.2, 0) is 20.9 Å². The Morgan fingerprint density at radius 1 is 1.24 bits per heavy atom. The lowest BCUT2D eigenvalue weighted by molar-refractivity contribution is -0.141. The molecule has 1 aliphatic heterocycles. The summed E-state index contributed by atoms with van der Waals surface area (Å²) in [5.41, 5.74) is 1.56. The Bertz CT molecular complexity index is 1070. The Morgan fingerprint density at radius 3 is 2.72 bits per heavy atom. The fourth-order valence-corrected chi connectivity index (χ4v) is 4.10. The Labute approximate surface area is 170 Å². The molecule has 3 amide bonds. The molecule has 0 atom stereocenters. The number of fused-ring (bicyclic) bond motifs is 1. The zero-order valence-corrected chi connectivity index (χ0v) is 16.5. The number of hydrogen-bond acceptors (Lipinski definition) is 7. The minimum atomic E-state index is -0.372. The number of imide groups is 1. The van der Waals surface area contributed by atoms with Crippen LogP contribution in [-0.4, -0.2) is 46.2 Å². The maximum atomic E-state index is 13.1. The third-order valence-corrected chi connectivity index (χ3v) is 5.67. The van der Waals surface area contributed by atoms with Gasteiger partial charge in [0.15, 0.2) is 5.13 Å². The van der Waals surface area contributed by atoms with Gasteiger partial charge in [0.05, 0.1) is 23.9 Å². The Hall–Kier alpha value is -3.33. The standard InChI is InChI=1S/C20H18N4O4S/c1-28-14-4-5-15-16(9-14)29-20(22-15)24(11-13-3-2-8-21-10-13)19(27)12-23-17(25)6-7-18(23)26/h2-5,8-10H,6-7,11-12H2,1H3. The summed E-state index contributed by atoms with van der Waals surface area (Å²) in [5, 5.41) is 0.487. The van der Waals surface area contributed by atoms with E-state index in [1.165, 1.54) is 16.2 Å². The van der Waals surface area contributed by atoms with E-state index < -0.39 is 0 Å². The minimum absolute atomic E-state index is 0.148. The number of ether oxygens (including phenoxy) is 1. The first kappa shape index (κ1) is 19.0. The molecular weight excluding hydrogens is 392 g/mol. The number of likely N-dealkylation sites (tertiary alicyclic amines) is 1. The van der Waals surface area contributed by atoms with E-state index >= 15 is 0 Å². The summed E-state index contributed by atoms with van der Waals surface area (Å²) in [5.74, 6) is -0.313. The number of aromatic nitrogens is 2. The van der Waals surface area contributed by atoms with Crippen LogP contribution in [0.4, 0.5) is 5.13 Å². The smallest absolute Gasteiger partial charge is 0.249 e. The van der Waals surface area contributed by atoms with Crippen molar-refractivity contribution >= 4 is 44.4 Å². The zero-order valence-electron chi connectivity index (χ0n) is 15.7. The SMILES string of the molecule is COc1ccc2nc(N(Cc3cccnc3)C(=O)CN3C(=O)CCC3=O)sc2c1. The molecule has 148 valence electrons. The molecule has 1 aromatic carbocycles. The lowest BCUT2D eigenvalue weighted by Gasteiger charge is -2.22. The summed E-state index contributed by atoms with van der Waals surface area (Å²) < 4.78 is 6.13. The Kier molecular flexibility index (Phi) is 5.22. The third kappa shape index (κ3) is 3.95. The highest BCUT2D eigenvalue weighted by atomic mass is 32.1. The van der Waals surface area contributed by atoms with Gasteiger partial charge >= 0.3 is 0 Å². The quantitative estimate of drug-likeness (QED) is 0.580. The van der Waals surface area contributed by atoms with Crippen molar-refractivity contribution in [1.82, 2.24) is 14.9 Å². The van der Waals surface area contributed by atoms with E-state index in [0.29, 0.717) is 10.9 Å². The molecule has 3 heterocycles. The number of amides is 3. The summed E-state index contributed by atoms with van der Waals surface area (Å²) in [7, 11) is 1.59. The summed E-state index contributed by atoms with van der Waals surface area (Å²) in [6, 6.07) is 9.14. The molecule has 1 aliphatic rings. The molecule has 29 heavy (non-hydrogen) atoms. The van der Waals surface area contributed by atoms with Crippen molar-refractivity contribution in [2.24, 2.45) is 0 Å². The van der Waals surface area contributed by atoms with Gasteiger partial charge in [-0.2, -0.15) is 0 Å². The van der Waals surface area contributed by atoms with E-state index in [4.69, 9.17) is 4.74 Å². The number of hydrogen-bond donors (Lipinski definition) is 0. The van der Waals surface area contributed by atoms with Gasteiger partial charge < -0.3 is 4.74 Å². The van der Waals surface area contributed by atoms with E-state index in [2.05, 4.69) is 9.97 Å². The number of rotatable bonds is 6. The first-order chi connectivity index (χ1) is 14.0. The first-order valence-electron chi connectivity index (χ1n) is 9.02. The summed E-state index contributed by atoms with van der Waals surface area (Å²) >= 11 is 1.35. The predicted octanol–water partition coefficient (Wildman–Crippen LogP) is 2.38. The maximum absolute atomic E-state index is 13.1. The molecule has 0 radical (unpaired) electrons. The van der Waals surface area contributed by atoms with Crippen LogP contribution < -0.4 is 9.64 Å². The van der Waals surface area contributed by atoms with Crippen molar-refractivity contribution < 1.29 is 19.1 Å². The fourth-order valence-electron chi connectivity index (χ4n) is 3.09. The normalized spacial score (nSPS) is 13.9. The van der Waals surface area contributed by atoms with Crippen molar-refractivity contribution in [2.45, 2.75) is 19.4 Å².